The lowest BCUT2D eigenvalue weighted by Crippen LogP contribution is -2.12. The SMILES string of the molecule is CCCCCCCC([CH]C(CCCCCCC)CCCCCCC)CCCCCC. The Morgan fingerprint density at radius 1 is 0.333 bits per heavy atom. The highest BCUT2D eigenvalue weighted by Gasteiger charge is 2.17. The van der Waals surface area contributed by atoms with E-state index in [1.54, 1.807) is 0 Å². The van der Waals surface area contributed by atoms with Crippen molar-refractivity contribution < 1.29 is 0 Å². The van der Waals surface area contributed by atoms with E-state index >= 15 is 0 Å². The maximum absolute atomic E-state index is 2.88. The zero-order valence-electron chi connectivity index (χ0n) is 22.0. The summed E-state index contributed by atoms with van der Waals surface area (Å²) in [6.07, 6.45) is 36.0. The Hall–Kier alpha value is 0. The van der Waals surface area contributed by atoms with Gasteiger partial charge in [0.1, 0.15) is 0 Å². The van der Waals surface area contributed by atoms with Crippen molar-refractivity contribution in [1.29, 1.82) is 0 Å². The molecule has 0 saturated carbocycles. The quantitative estimate of drug-likeness (QED) is 0.128. The molecule has 0 heteroatoms. The summed E-state index contributed by atoms with van der Waals surface area (Å²) in [5.74, 6) is 1.81. The number of unbranched alkanes of at least 4 members (excludes halogenated alkanes) is 15. The van der Waals surface area contributed by atoms with E-state index in [4.69, 9.17) is 0 Å². The molecule has 0 saturated heterocycles. The highest BCUT2D eigenvalue weighted by Crippen LogP contribution is 2.30. The average Bonchev–Trinajstić information content (AvgIpc) is 2.75. The third-order valence-electron chi connectivity index (χ3n) is 7.01. The topological polar surface area (TPSA) is 0 Å². The van der Waals surface area contributed by atoms with Crippen LogP contribution < -0.4 is 0 Å². The fourth-order valence-corrected chi connectivity index (χ4v) is 4.92. The van der Waals surface area contributed by atoms with Crippen LogP contribution in [0.25, 0.3) is 0 Å². The van der Waals surface area contributed by atoms with E-state index in [2.05, 4.69) is 34.1 Å². The highest BCUT2D eigenvalue weighted by atomic mass is 14.2. The van der Waals surface area contributed by atoms with E-state index in [-0.39, 0.29) is 0 Å². The Balaban J connectivity index is 4.48. The molecule has 181 valence electrons. The number of hydrogen-bond acceptors (Lipinski definition) is 0. The fourth-order valence-electron chi connectivity index (χ4n) is 4.92. The standard InChI is InChI=1S/C30H61/c1-5-9-13-17-21-25-29(24-20-16-12-8-4)28-30(26-22-18-14-10-6-2)27-23-19-15-11-7-3/h28-30H,5-27H2,1-4H3. The average molecular weight is 422 g/mol. The molecule has 0 aromatic carbocycles. The van der Waals surface area contributed by atoms with Crippen LogP contribution in [0.3, 0.4) is 0 Å². The minimum absolute atomic E-state index is 0.903. The molecule has 0 aliphatic heterocycles. The molecule has 0 aliphatic rings. The summed E-state index contributed by atoms with van der Waals surface area (Å²) in [4.78, 5) is 0. The molecule has 0 amide bonds. The van der Waals surface area contributed by atoms with Crippen LogP contribution in [-0.2, 0) is 0 Å². The molecule has 0 heterocycles. The van der Waals surface area contributed by atoms with Gasteiger partial charge in [-0.2, -0.15) is 0 Å². The first-order valence-electron chi connectivity index (χ1n) is 14.6. The van der Waals surface area contributed by atoms with Gasteiger partial charge in [0.25, 0.3) is 0 Å². The van der Waals surface area contributed by atoms with Gasteiger partial charge < -0.3 is 0 Å². The van der Waals surface area contributed by atoms with Gasteiger partial charge >= 0.3 is 0 Å². The molecule has 0 bridgehead atoms. The van der Waals surface area contributed by atoms with E-state index < -0.39 is 0 Å². The largest absolute Gasteiger partial charge is 0.0654 e. The third kappa shape index (κ3) is 21.2. The van der Waals surface area contributed by atoms with Gasteiger partial charge in [-0.1, -0.05) is 175 Å². The van der Waals surface area contributed by atoms with E-state index in [9.17, 15) is 0 Å². The molecule has 30 heavy (non-hydrogen) atoms. The maximum atomic E-state index is 2.88. The van der Waals surface area contributed by atoms with Gasteiger partial charge in [-0.15, -0.1) is 0 Å². The normalized spacial score (nSPS) is 12.7. The fraction of sp³-hybridized carbons (Fsp3) is 0.967. The number of hydrogen-bond donors (Lipinski definition) is 0. The molecule has 0 aromatic heterocycles. The van der Waals surface area contributed by atoms with Crippen LogP contribution in [0.15, 0.2) is 0 Å². The van der Waals surface area contributed by atoms with Gasteiger partial charge in [0.15, 0.2) is 0 Å². The maximum Gasteiger partial charge on any atom is -0.0324 e. The van der Waals surface area contributed by atoms with E-state index in [0.717, 1.165) is 11.8 Å². The van der Waals surface area contributed by atoms with E-state index in [1.807, 2.05) is 0 Å². The van der Waals surface area contributed by atoms with Crippen molar-refractivity contribution in [3.63, 3.8) is 0 Å². The molecule has 0 aromatic rings. The van der Waals surface area contributed by atoms with Crippen LogP contribution >= 0.6 is 0 Å². The molecule has 0 aliphatic carbocycles. The molecule has 0 fully saturated rings. The van der Waals surface area contributed by atoms with Crippen molar-refractivity contribution in [3.05, 3.63) is 6.42 Å². The van der Waals surface area contributed by atoms with Crippen molar-refractivity contribution in [2.24, 2.45) is 11.8 Å². The minimum atomic E-state index is 0.903. The summed E-state index contributed by atoms with van der Waals surface area (Å²) in [7, 11) is 0. The molecule has 0 rings (SSSR count). The Morgan fingerprint density at radius 3 is 0.833 bits per heavy atom. The summed E-state index contributed by atoms with van der Waals surface area (Å²) in [5, 5.41) is 0. The van der Waals surface area contributed by atoms with Gasteiger partial charge in [0.05, 0.1) is 0 Å². The summed E-state index contributed by atoms with van der Waals surface area (Å²) in [6, 6.07) is 0. The van der Waals surface area contributed by atoms with Crippen molar-refractivity contribution in [1.82, 2.24) is 0 Å². The smallest absolute Gasteiger partial charge is 0.0324 e. The van der Waals surface area contributed by atoms with Gasteiger partial charge in [-0.05, 0) is 18.3 Å². The Morgan fingerprint density at radius 2 is 0.567 bits per heavy atom. The van der Waals surface area contributed by atoms with Crippen molar-refractivity contribution in [3.8, 4) is 0 Å². The lowest BCUT2D eigenvalue weighted by molar-refractivity contribution is 0.365. The second-order valence-electron chi connectivity index (χ2n) is 10.2. The molecule has 0 spiro atoms. The molecule has 0 N–H and O–H groups in total. The summed E-state index contributed by atoms with van der Waals surface area (Å²) in [6.45, 7) is 9.33. The monoisotopic (exact) mass is 421 g/mol. The lowest BCUT2D eigenvalue weighted by atomic mass is 9.82. The second kappa shape index (κ2) is 25.3. The Bertz CT molecular complexity index is 280. The van der Waals surface area contributed by atoms with Crippen LogP contribution in [0, 0.1) is 18.3 Å². The lowest BCUT2D eigenvalue weighted by Gasteiger charge is -2.24. The molecule has 1 radical (unpaired) electrons. The molecular weight excluding hydrogens is 360 g/mol. The first kappa shape index (κ1) is 30.0. The van der Waals surface area contributed by atoms with E-state index in [1.165, 1.54) is 148 Å². The van der Waals surface area contributed by atoms with E-state index in [0.29, 0.717) is 0 Å². The van der Waals surface area contributed by atoms with Crippen molar-refractivity contribution in [2.45, 2.75) is 175 Å². The molecule has 1 unspecified atom stereocenters. The van der Waals surface area contributed by atoms with Gasteiger partial charge in [0.2, 0.25) is 0 Å². The first-order valence-corrected chi connectivity index (χ1v) is 14.6. The predicted molar refractivity (Wildman–Crippen MR) is 140 cm³/mol. The second-order valence-corrected chi connectivity index (χ2v) is 10.2. The predicted octanol–water partition coefficient (Wildman–Crippen LogP) is 11.5. The highest BCUT2D eigenvalue weighted by molar-refractivity contribution is 4.84. The molecular formula is C30H61. The first-order chi connectivity index (χ1) is 14.8. The Kier molecular flexibility index (Phi) is 25.3. The zero-order chi connectivity index (χ0) is 22.1. The van der Waals surface area contributed by atoms with Crippen molar-refractivity contribution in [2.75, 3.05) is 0 Å². The van der Waals surface area contributed by atoms with Crippen LogP contribution in [0.2, 0.25) is 0 Å². The molecule has 0 nitrogen and oxygen atoms in total. The zero-order valence-corrected chi connectivity index (χ0v) is 22.0. The molecule has 1 atom stereocenters. The van der Waals surface area contributed by atoms with Crippen LogP contribution in [0.4, 0.5) is 0 Å². The van der Waals surface area contributed by atoms with Crippen LogP contribution in [0.1, 0.15) is 175 Å². The van der Waals surface area contributed by atoms with Crippen LogP contribution in [0.5, 0.6) is 0 Å². The third-order valence-corrected chi connectivity index (χ3v) is 7.01. The minimum Gasteiger partial charge on any atom is -0.0654 e. The number of rotatable bonds is 25. The van der Waals surface area contributed by atoms with Gasteiger partial charge in [-0.25, -0.2) is 0 Å². The summed E-state index contributed by atoms with van der Waals surface area (Å²) >= 11 is 0. The summed E-state index contributed by atoms with van der Waals surface area (Å²) < 4.78 is 0. The van der Waals surface area contributed by atoms with Gasteiger partial charge in [0, 0.05) is 0 Å². The van der Waals surface area contributed by atoms with Crippen molar-refractivity contribution >= 4 is 0 Å². The van der Waals surface area contributed by atoms with Crippen LogP contribution in [-0.4, -0.2) is 0 Å². The Labute approximate surface area is 193 Å². The van der Waals surface area contributed by atoms with Gasteiger partial charge in [-0.3, -0.25) is 0 Å². The summed E-state index contributed by atoms with van der Waals surface area (Å²) in [5.41, 5.74) is 0.